The number of nitrogens with zero attached hydrogens (tertiary/aromatic N) is 2. The number of ether oxygens (including phenoxy) is 2. The van der Waals surface area contributed by atoms with Crippen molar-refractivity contribution in [3.8, 4) is 6.07 Å². The fraction of sp³-hybridized carbons (Fsp3) is 0.111. The molecular weight excluding hydrogens is 462 g/mol. The van der Waals surface area contributed by atoms with Crippen LogP contribution in [0.1, 0.15) is 21.8 Å². The Kier molecular flexibility index (Phi) is 6.44. The summed E-state index contributed by atoms with van der Waals surface area (Å²) in [6, 6.07) is 20.5. The lowest BCUT2D eigenvalue weighted by atomic mass is 9.80. The van der Waals surface area contributed by atoms with Crippen LogP contribution in [-0.4, -0.2) is 37.2 Å². The van der Waals surface area contributed by atoms with E-state index in [-0.39, 0.29) is 33.9 Å². The van der Waals surface area contributed by atoms with Gasteiger partial charge >= 0.3 is 17.9 Å². The van der Waals surface area contributed by atoms with Gasteiger partial charge in [-0.1, -0.05) is 60.7 Å². The molecule has 1 aliphatic rings. The van der Waals surface area contributed by atoms with Gasteiger partial charge < -0.3 is 20.3 Å². The van der Waals surface area contributed by atoms with Gasteiger partial charge in [0.1, 0.15) is 11.5 Å². The van der Waals surface area contributed by atoms with Crippen molar-refractivity contribution in [3.63, 3.8) is 0 Å². The molecular formula is C27H21N3O6. The van der Waals surface area contributed by atoms with Gasteiger partial charge in [-0.25, -0.2) is 14.4 Å². The van der Waals surface area contributed by atoms with Gasteiger partial charge in [-0.2, -0.15) is 5.26 Å². The van der Waals surface area contributed by atoms with Gasteiger partial charge in [0.05, 0.1) is 48.6 Å². The second kappa shape index (κ2) is 9.64. The molecule has 3 aromatic carbocycles. The Labute approximate surface area is 206 Å². The summed E-state index contributed by atoms with van der Waals surface area (Å²) in [7, 11) is 2.27. The van der Waals surface area contributed by atoms with E-state index in [0.717, 1.165) is 19.1 Å². The highest BCUT2D eigenvalue weighted by Crippen LogP contribution is 2.44. The van der Waals surface area contributed by atoms with E-state index in [9.17, 15) is 24.8 Å². The second-order valence-electron chi connectivity index (χ2n) is 7.82. The maximum Gasteiger partial charge on any atom is 0.355 e. The largest absolute Gasteiger partial charge is 0.478 e. The molecule has 0 aromatic heterocycles. The average molecular weight is 483 g/mol. The number of fused-ring (bicyclic) bond motifs is 1. The van der Waals surface area contributed by atoms with Crippen molar-refractivity contribution in [2.45, 2.75) is 5.92 Å². The van der Waals surface area contributed by atoms with Crippen LogP contribution in [0.5, 0.6) is 0 Å². The molecule has 1 heterocycles. The number of esters is 2. The predicted molar refractivity (Wildman–Crippen MR) is 130 cm³/mol. The number of nitriles is 1. The molecule has 180 valence electrons. The first kappa shape index (κ1) is 24.0. The molecule has 1 unspecified atom stereocenters. The molecule has 9 nitrogen and oxygen atoms in total. The number of hydrogen-bond donors (Lipinski definition) is 2. The zero-order chi connectivity index (χ0) is 26.0. The van der Waals surface area contributed by atoms with E-state index in [0.29, 0.717) is 16.3 Å². The highest BCUT2D eigenvalue weighted by atomic mass is 16.5. The van der Waals surface area contributed by atoms with Gasteiger partial charge in [-0.05, 0) is 22.4 Å². The molecule has 36 heavy (non-hydrogen) atoms. The predicted octanol–water partition coefficient (Wildman–Crippen LogP) is 3.44. The van der Waals surface area contributed by atoms with Gasteiger partial charge in [0.2, 0.25) is 0 Å². The van der Waals surface area contributed by atoms with E-state index in [2.05, 4.69) is 0 Å². The fourth-order valence-corrected chi connectivity index (χ4v) is 4.43. The van der Waals surface area contributed by atoms with Crippen LogP contribution in [0.4, 0.5) is 5.69 Å². The minimum Gasteiger partial charge on any atom is -0.478 e. The molecule has 3 N–H and O–H groups in total. The lowest BCUT2D eigenvalue weighted by molar-refractivity contribution is -0.139. The molecule has 9 heteroatoms. The van der Waals surface area contributed by atoms with Gasteiger partial charge in [-0.15, -0.1) is 0 Å². The molecule has 0 radical (unpaired) electrons. The third-order valence-corrected chi connectivity index (χ3v) is 5.97. The number of allylic oxidation sites excluding steroid dienone is 1. The first-order valence-corrected chi connectivity index (χ1v) is 10.8. The molecule has 1 atom stereocenters. The van der Waals surface area contributed by atoms with E-state index in [1.54, 1.807) is 60.7 Å². The number of rotatable bonds is 5. The van der Waals surface area contributed by atoms with Crippen LogP contribution >= 0.6 is 0 Å². The van der Waals surface area contributed by atoms with E-state index in [1.165, 1.54) is 6.07 Å². The van der Waals surface area contributed by atoms with Crippen LogP contribution < -0.4 is 10.6 Å². The van der Waals surface area contributed by atoms with Gasteiger partial charge in [0.15, 0.2) is 0 Å². The van der Waals surface area contributed by atoms with E-state index in [4.69, 9.17) is 15.2 Å². The summed E-state index contributed by atoms with van der Waals surface area (Å²) >= 11 is 0. The number of nitrogens with two attached hydrogens (primary N) is 1. The van der Waals surface area contributed by atoms with Crippen molar-refractivity contribution in [2.75, 3.05) is 19.1 Å². The normalized spacial score (nSPS) is 15.5. The van der Waals surface area contributed by atoms with Crippen molar-refractivity contribution in [2.24, 2.45) is 5.73 Å². The molecule has 0 fully saturated rings. The Bertz CT molecular complexity index is 1500. The third-order valence-electron chi connectivity index (χ3n) is 5.97. The van der Waals surface area contributed by atoms with E-state index >= 15 is 0 Å². The Hall–Kier alpha value is -5.10. The number of carbonyl (C=O) groups excluding carboxylic acids is 2. The van der Waals surface area contributed by atoms with Crippen LogP contribution in [0, 0.1) is 11.3 Å². The molecule has 0 aliphatic carbocycles. The zero-order valence-electron chi connectivity index (χ0n) is 19.4. The highest BCUT2D eigenvalue weighted by molar-refractivity contribution is 6.12. The van der Waals surface area contributed by atoms with Crippen molar-refractivity contribution in [1.82, 2.24) is 0 Å². The standard InChI is InChI=1S/C27H21N3O6/c1-35-26(33)22-20(16-9-4-3-5-10-16)18(14-28)24(29)30(23(22)27(34)36-2)19-13-12-15-8-6-7-11-17(15)21(19)25(31)32/h3-13,20H,29H2,1-2H3,(H,31,32). The maximum atomic E-state index is 13.2. The van der Waals surface area contributed by atoms with Crippen LogP contribution in [0.2, 0.25) is 0 Å². The second-order valence-corrected chi connectivity index (χ2v) is 7.82. The Morgan fingerprint density at radius 2 is 1.58 bits per heavy atom. The Morgan fingerprint density at radius 1 is 0.944 bits per heavy atom. The number of hydrogen-bond acceptors (Lipinski definition) is 8. The molecule has 0 bridgehead atoms. The summed E-state index contributed by atoms with van der Waals surface area (Å²) in [4.78, 5) is 39.9. The Balaban J connectivity index is 2.15. The zero-order valence-corrected chi connectivity index (χ0v) is 19.4. The lowest BCUT2D eigenvalue weighted by Gasteiger charge is -2.36. The van der Waals surface area contributed by atoms with Gasteiger partial charge in [-0.3, -0.25) is 4.90 Å². The Morgan fingerprint density at radius 3 is 2.19 bits per heavy atom. The molecule has 0 spiro atoms. The smallest absolute Gasteiger partial charge is 0.355 e. The number of anilines is 1. The summed E-state index contributed by atoms with van der Waals surface area (Å²) in [5.74, 6) is -4.41. The van der Waals surface area contributed by atoms with Crippen LogP contribution in [0.15, 0.2) is 89.4 Å². The topological polar surface area (TPSA) is 143 Å². The minimum absolute atomic E-state index is 0.0141. The molecule has 3 aromatic rings. The van der Waals surface area contributed by atoms with Crippen LogP contribution in [0.25, 0.3) is 10.8 Å². The number of methoxy groups -OCH3 is 2. The summed E-state index contributed by atoms with van der Waals surface area (Å²) in [5.41, 5.74) is 6.22. The molecule has 0 saturated carbocycles. The SMILES string of the molecule is COC(=O)C1=C(C(=O)OC)N(c2ccc3ccccc3c2C(=O)O)C(N)=C(C#N)C1c1ccccc1. The van der Waals surface area contributed by atoms with Crippen molar-refractivity contribution in [1.29, 1.82) is 5.26 Å². The van der Waals surface area contributed by atoms with Crippen LogP contribution in [-0.2, 0) is 19.1 Å². The van der Waals surface area contributed by atoms with E-state index < -0.39 is 23.8 Å². The van der Waals surface area contributed by atoms with Crippen molar-refractivity contribution in [3.05, 3.63) is 101 Å². The highest BCUT2D eigenvalue weighted by Gasteiger charge is 2.43. The number of aromatic carboxylic acids is 1. The first-order chi connectivity index (χ1) is 17.3. The van der Waals surface area contributed by atoms with Crippen LogP contribution in [0.3, 0.4) is 0 Å². The quantitative estimate of drug-likeness (QED) is 0.522. The summed E-state index contributed by atoms with van der Waals surface area (Å²) in [5, 5.41) is 21.3. The summed E-state index contributed by atoms with van der Waals surface area (Å²) < 4.78 is 10.0. The molecule has 0 amide bonds. The number of carboxylic acids is 1. The summed E-state index contributed by atoms with van der Waals surface area (Å²) in [6.45, 7) is 0. The van der Waals surface area contributed by atoms with E-state index in [1.807, 2.05) is 6.07 Å². The number of benzene rings is 3. The number of carbonyl (C=O) groups is 3. The maximum absolute atomic E-state index is 13.2. The molecule has 1 aliphatic heterocycles. The number of carboxylic acid groups (broad SMARTS) is 1. The van der Waals surface area contributed by atoms with Crippen molar-refractivity contribution < 1.29 is 29.0 Å². The lowest BCUT2D eigenvalue weighted by Crippen LogP contribution is -2.41. The fourth-order valence-electron chi connectivity index (χ4n) is 4.43. The third kappa shape index (κ3) is 3.80. The average Bonchev–Trinajstić information content (AvgIpc) is 2.91. The molecule has 4 rings (SSSR count). The minimum atomic E-state index is -1.29. The van der Waals surface area contributed by atoms with Gasteiger partial charge in [0.25, 0.3) is 0 Å². The summed E-state index contributed by atoms with van der Waals surface area (Å²) in [6.07, 6.45) is 0. The van der Waals surface area contributed by atoms with Gasteiger partial charge in [0, 0.05) is 0 Å². The monoisotopic (exact) mass is 483 g/mol. The first-order valence-electron chi connectivity index (χ1n) is 10.8. The molecule has 0 saturated heterocycles. The van der Waals surface area contributed by atoms with Crippen molar-refractivity contribution >= 4 is 34.4 Å².